The van der Waals surface area contributed by atoms with Gasteiger partial charge < -0.3 is 19.9 Å². The highest BCUT2D eigenvalue weighted by molar-refractivity contribution is 7.16. The van der Waals surface area contributed by atoms with Gasteiger partial charge in [-0.2, -0.15) is 0 Å². The summed E-state index contributed by atoms with van der Waals surface area (Å²) in [5, 5.41) is 15.5. The molecule has 4 rings (SSSR count). The monoisotopic (exact) mass is 509 g/mol. The summed E-state index contributed by atoms with van der Waals surface area (Å²) in [6.07, 6.45) is 3.53. The highest BCUT2D eigenvalue weighted by atomic mass is 32.1. The molecule has 0 saturated carbocycles. The summed E-state index contributed by atoms with van der Waals surface area (Å²) in [7, 11) is 1.65. The molecule has 0 radical (unpaired) electrons. The highest BCUT2D eigenvalue weighted by Crippen LogP contribution is 2.36. The molecule has 0 saturated heterocycles. The molecule has 182 valence electrons. The van der Waals surface area contributed by atoms with Gasteiger partial charge in [0.1, 0.15) is 23.7 Å². The predicted octanol–water partition coefficient (Wildman–Crippen LogP) is 6.66. The first-order valence-electron chi connectivity index (χ1n) is 11.3. The Balaban J connectivity index is 1.63. The van der Waals surface area contributed by atoms with Gasteiger partial charge in [-0.05, 0) is 54.6 Å². The molecule has 0 atom stereocenters. The van der Waals surface area contributed by atoms with Crippen molar-refractivity contribution in [3.8, 4) is 27.4 Å². The number of thiazole rings is 1. The molecule has 0 unspecified atom stereocenters. The number of methoxy groups -OCH3 is 1. The number of aromatic carboxylic acids is 1. The second-order valence-electron chi connectivity index (χ2n) is 7.89. The van der Waals surface area contributed by atoms with Gasteiger partial charge in [-0.3, -0.25) is 0 Å². The number of pyridine rings is 1. The van der Waals surface area contributed by atoms with Gasteiger partial charge in [-0.15, -0.1) is 22.7 Å². The van der Waals surface area contributed by atoms with Crippen molar-refractivity contribution in [1.82, 2.24) is 9.97 Å². The van der Waals surface area contributed by atoms with Crippen LogP contribution in [0, 0.1) is 6.92 Å². The third-order valence-corrected chi connectivity index (χ3v) is 7.27. The number of nitrogens with zero attached hydrogens (tertiary/aromatic N) is 2. The van der Waals surface area contributed by atoms with Crippen molar-refractivity contribution >= 4 is 39.6 Å². The summed E-state index contributed by atoms with van der Waals surface area (Å²) in [5.41, 5.74) is 3.78. The molecule has 0 aliphatic heterocycles. The van der Waals surface area contributed by atoms with Crippen molar-refractivity contribution < 1.29 is 19.4 Å². The molecule has 9 heteroatoms. The van der Waals surface area contributed by atoms with Gasteiger partial charge in [-0.25, -0.2) is 14.8 Å². The van der Waals surface area contributed by atoms with Crippen LogP contribution in [0.5, 0.6) is 5.75 Å². The van der Waals surface area contributed by atoms with E-state index in [-0.39, 0.29) is 11.4 Å². The Morgan fingerprint density at radius 3 is 2.71 bits per heavy atom. The average molecular weight is 510 g/mol. The number of benzene rings is 1. The molecule has 1 aromatic carbocycles. The number of ether oxygens (including phenoxy) is 2. The number of hydrogen-bond donors (Lipinski definition) is 2. The minimum absolute atomic E-state index is 0.109. The van der Waals surface area contributed by atoms with Crippen LogP contribution in [-0.2, 0) is 11.2 Å². The lowest BCUT2D eigenvalue weighted by molar-refractivity contribution is 0.0697. The number of aromatic nitrogens is 2. The number of thiophene rings is 1. The van der Waals surface area contributed by atoms with Crippen molar-refractivity contribution in [2.45, 2.75) is 26.7 Å². The standard InChI is InChI=1S/C26H27N3O4S2/c1-4-6-22-23(17-8-9-20(16(2)13-17)33-11-10-32-3)28-26(35-22)29-24-19(25(30)31)14-18(15-27-24)21-7-5-12-34-21/h5,7-9,12-15H,4,6,10-11H2,1-3H3,(H,30,31)(H,27,28,29). The van der Waals surface area contributed by atoms with E-state index in [0.717, 1.165) is 50.7 Å². The van der Waals surface area contributed by atoms with Crippen molar-refractivity contribution in [3.05, 3.63) is 64.0 Å². The molecule has 0 aliphatic rings. The molecule has 0 amide bonds. The SMILES string of the molecule is CCCc1sc(Nc2ncc(-c3cccs3)cc2C(=O)O)nc1-c1ccc(OCCOC)c(C)c1. The first-order chi connectivity index (χ1) is 17.0. The molecule has 2 N–H and O–H groups in total. The van der Waals surface area contributed by atoms with Crippen LogP contribution >= 0.6 is 22.7 Å². The molecule has 0 spiro atoms. The molecule has 7 nitrogen and oxygen atoms in total. The second kappa shape index (κ2) is 11.4. The summed E-state index contributed by atoms with van der Waals surface area (Å²) in [6.45, 7) is 5.16. The maximum absolute atomic E-state index is 12.0. The Morgan fingerprint density at radius 2 is 2.03 bits per heavy atom. The number of carboxylic acids is 1. The first kappa shape index (κ1) is 24.8. The maximum Gasteiger partial charge on any atom is 0.339 e. The third-order valence-electron chi connectivity index (χ3n) is 5.32. The topological polar surface area (TPSA) is 93.6 Å². The molecular formula is C26H27N3O4S2. The lowest BCUT2D eigenvalue weighted by Gasteiger charge is -2.10. The molecule has 0 aliphatic carbocycles. The Kier molecular flexibility index (Phi) is 8.12. The second-order valence-corrected chi connectivity index (χ2v) is 9.92. The van der Waals surface area contributed by atoms with E-state index < -0.39 is 5.97 Å². The van der Waals surface area contributed by atoms with Crippen molar-refractivity contribution in [1.29, 1.82) is 0 Å². The van der Waals surface area contributed by atoms with Crippen LogP contribution in [-0.4, -0.2) is 41.4 Å². The Bertz CT molecular complexity index is 1300. The van der Waals surface area contributed by atoms with Gasteiger partial charge >= 0.3 is 5.97 Å². The Morgan fingerprint density at radius 1 is 1.17 bits per heavy atom. The minimum atomic E-state index is -1.04. The largest absolute Gasteiger partial charge is 0.491 e. The van der Waals surface area contributed by atoms with E-state index in [1.165, 1.54) is 11.3 Å². The summed E-state index contributed by atoms with van der Waals surface area (Å²) in [4.78, 5) is 23.3. The van der Waals surface area contributed by atoms with Crippen LogP contribution in [0.4, 0.5) is 10.9 Å². The molecule has 4 aromatic rings. The molecule has 0 bridgehead atoms. The normalized spacial score (nSPS) is 10.9. The molecule has 3 aromatic heterocycles. The molecule has 0 fully saturated rings. The predicted molar refractivity (Wildman–Crippen MR) is 141 cm³/mol. The Labute approximate surface area is 212 Å². The van der Waals surface area contributed by atoms with Crippen molar-refractivity contribution in [2.24, 2.45) is 0 Å². The fourth-order valence-corrected chi connectivity index (χ4v) is 5.42. The van der Waals surface area contributed by atoms with E-state index in [0.29, 0.717) is 18.3 Å². The zero-order valence-electron chi connectivity index (χ0n) is 19.8. The number of carboxylic acid groups (broad SMARTS) is 1. The fourth-order valence-electron chi connectivity index (χ4n) is 3.63. The summed E-state index contributed by atoms with van der Waals surface area (Å²) in [5.74, 6) is 0.0560. The average Bonchev–Trinajstić information content (AvgIpc) is 3.51. The minimum Gasteiger partial charge on any atom is -0.491 e. The third kappa shape index (κ3) is 5.87. The van der Waals surface area contributed by atoms with Gasteiger partial charge in [0.2, 0.25) is 0 Å². The van der Waals surface area contributed by atoms with E-state index in [1.54, 1.807) is 30.7 Å². The van der Waals surface area contributed by atoms with Gasteiger partial charge in [-0.1, -0.05) is 19.4 Å². The molecule has 35 heavy (non-hydrogen) atoms. The maximum atomic E-state index is 12.0. The van der Waals surface area contributed by atoms with Crippen LogP contribution in [0.3, 0.4) is 0 Å². The summed E-state index contributed by atoms with van der Waals surface area (Å²) >= 11 is 3.07. The summed E-state index contributed by atoms with van der Waals surface area (Å²) < 4.78 is 10.8. The van der Waals surface area contributed by atoms with E-state index >= 15 is 0 Å². The quantitative estimate of drug-likeness (QED) is 0.218. The fraction of sp³-hybridized carbons (Fsp3) is 0.269. The molecular weight excluding hydrogens is 482 g/mol. The van der Waals surface area contributed by atoms with E-state index in [4.69, 9.17) is 14.5 Å². The smallest absolute Gasteiger partial charge is 0.339 e. The lowest BCUT2D eigenvalue weighted by Crippen LogP contribution is -2.05. The zero-order valence-corrected chi connectivity index (χ0v) is 21.5. The van der Waals surface area contributed by atoms with Crippen molar-refractivity contribution in [3.63, 3.8) is 0 Å². The first-order valence-corrected chi connectivity index (χ1v) is 13.0. The molecule has 3 heterocycles. The summed E-state index contributed by atoms with van der Waals surface area (Å²) in [6, 6.07) is 11.5. The number of nitrogens with one attached hydrogen (secondary N) is 1. The Hall–Kier alpha value is -3.27. The van der Waals surface area contributed by atoms with E-state index in [2.05, 4.69) is 23.3 Å². The number of aryl methyl sites for hydroxylation is 2. The number of rotatable bonds is 11. The number of anilines is 2. The number of carbonyl (C=O) groups is 1. The van der Waals surface area contributed by atoms with E-state index in [1.807, 2.05) is 36.6 Å². The van der Waals surface area contributed by atoms with Crippen LogP contribution in [0.25, 0.3) is 21.7 Å². The van der Waals surface area contributed by atoms with Gasteiger partial charge in [0.05, 0.1) is 12.3 Å². The van der Waals surface area contributed by atoms with Crippen LogP contribution in [0.15, 0.2) is 48.0 Å². The van der Waals surface area contributed by atoms with Crippen LogP contribution < -0.4 is 10.1 Å². The zero-order chi connectivity index (χ0) is 24.8. The van der Waals surface area contributed by atoms with E-state index in [9.17, 15) is 9.90 Å². The van der Waals surface area contributed by atoms with Gasteiger partial charge in [0.25, 0.3) is 0 Å². The van der Waals surface area contributed by atoms with Crippen LogP contribution in [0.1, 0.15) is 34.1 Å². The van der Waals surface area contributed by atoms with Gasteiger partial charge in [0.15, 0.2) is 5.13 Å². The highest BCUT2D eigenvalue weighted by Gasteiger charge is 2.18. The number of hydrogen-bond acceptors (Lipinski definition) is 8. The van der Waals surface area contributed by atoms with Crippen molar-refractivity contribution in [2.75, 3.05) is 25.6 Å². The lowest BCUT2D eigenvalue weighted by atomic mass is 10.1. The van der Waals surface area contributed by atoms with Gasteiger partial charge in [0, 0.05) is 34.2 Å². The van der Waals surface area contributed by atoms with Crippen LogP contribution in [0.2, 0.25) is 0 Å².